The van der Waals surface area contributed by atoms with Gasteiger partial charge in [0.1, 0.15) is 23.1 Å². The number of aromatic hydroxyl groups is 2. The summed E-state index contributed by atoms with van der Waals surface area (Å²) in [7, 11) is -1.97. The molecule has 2 nitrogen and oxygen atoms in total. The molecule has 38 heavy (non-hydrogen) atoms. The van der Waals surface area contributed by atoms with Crippen LogP contribution in [0.5, 0.6) is 11.5 Å². The van der Waals surface area contributed by atoms with Crippen LogP contribution in [0.3, 0.4) is 0 Å². The highest BCUT2D eigenvalue weighted by molar-refractivity contribution is 6.88. The van der Waals surface area contributed by atoms with Crippen LogP contribution in [-0.4, -0.2) is 18.3 Å². The topological polar surface area (TPSA) is 40.5 Å². The molecular weight excluding hydrogens is 494 g/mol. The molecule has 0 aliphatic carbocycles. The van der Waals surface area contributed by atoms with E-state index in [0.29, 0.717) is 5.56 Å². The van der Waals surface area contributed by atoms with Crippen LogP contribution in [-0.2, 0) is 0 Å². The number of phenolic OH excluding ortho intramolecular Hbond substituents is 2. The van der Waals surface area contributed by atoms with Crippen molar-refractivity contribution >= 4 is 13.3 Å². The van der Waals surface area contributed by atoms with Gasteiger partial charge in [-0.25, -0.2) is 8.78 Å². The van der Waals surface area contributed by atoms with E-state index in [4.69, 9.17) is 0 Å². The number of rotatable bonds is 5. The van der Waals surface area contributed by atoms with E-state index in [1.807, 2.05) is 78.9 Å². The van der Waals surface area contributed by atoms with Crippen LogP contribution >= 0.6 is 0 Å². The Morgan fingerprint density at radius 2 is 1.05 bits per heavy atom. The van der Waals surface area contributed by atoms with E-state index in [-0.39, 0.29) is 16.9 Å². The molecule has 0 saturated carbocycles. The van der Waals surface area contributed by atoms with E-state index in [1.165, 1.54) is 0 Å². The molecule has 2 N–H and O–H groups in total. The molecule has 5 heteroatoms. The lowest BCUT2D eigenvalue weighted by Crippen LogP contribution is -2.37. The molecular formula is C33H28F2O2Si. The predicted molar refractivity (Wildman–Crippen MR) is 154 cm³/mol. The Morgan fingerprint density at radius 1 is 0.553 bits per heavy atom. The first-order valence-electron chi connectivity index (χ1n) is 12.4. The quantitative estimate of drug-likeness (QED) is 0.227. The van der Waals surface area contributed by atoms with Crippen LogP contribution in [0.2, 0.25) is 19.6 Å². The first-order chi connectivity index (χ1) is 18.1. The van der Waals surface area contributed by atoms with E-state index in [0.717, 1.165) is 45.1 Å². The molecule has 0 unspecified atom stereocenters. The van der Waals surface area contributed by atoms with Gasteiger partial charge >= 0.3 is 0 Å². The maximum Gasteiger partial charge on any atom is 0.137 e. The standard InChI is InChI=1S/C33H28F2O2Si/c1-38(2,3)27-19-28(33(37)29(20-27)32-30(35)17-26(34)18-31(32)36)25-15-23(21-10-6-4-7-11-21)14-24(16-25)22-12-8-5-9-13-22/h4-20,36-37H,1-3H3. The van der Waals surface area contributed by atoms with Crippen LogP contribution in [0.1, 0.15) is 0 Å². The van der Waals surface area contributed by atoms with Gasteiger partial charge in [-0.3, -0.25) is 0 Å². The molecule has 0 atom stereocenters. The summed E-state index contributed by atoms with van der Waals surface area (Å²) in [6, 6.07) is 31.4. The Balaban J connectivity index is 1.82. The molecule has 0 saturated heterocycles. The monoisotopic (exact) mass is 522 g/mol. The largest absolute Gasteiger partial charge is 0.507 e. The van der Waals surface area contributed by atoms with E-state index in [9.17, 15) is 14.6 Å². The number of hydrogen-bond acceptors (Lipinski definition) is 2. The molecule has 0 bridgehead atoms. The Bertz CT molecular complexity index is 1540. The molecule has 5 aromatic rings. The highest BCUT2D eigenvalue weighted by atomic mass is 28.3. The molecule has 5 aromatic carbocycles. The molecule has 0 aliphatic heterocycles. The van der Waals surface area contributed by atoms with Gasteiger partial charge in [0, 0.05) is 23.3 Å². The predicted octanol–water partition coefficient (Wildman–Crippen LogP) is 8.59. The van der Waals surface area contributed by atoms with Gasteiger partial charge in [-0.1, -0.05) is 97.6 Å². The fourth-order valence-corrected chi connectivity index (χ4v) is 5.84. The van der Waals surface area contributed by atoms with Gasteiger partial charge in [0.15, 0.2) is 0 Å². The average molecular weight is 523 g/mol. The Morgan fingerprint density at radius 3 is 1.55 bits per heavy atom. The molecule has 0 fully saturated rings. The summed E-state index contributed by atoms with van der Waals surface area (Å²) in [4.78, 5) is 0. The van der Waals surface area contributed by atoms with Gasteiger partial charge in [-0.2, -0.15) is 0 Å². The lowest BCUT2D eigenvalue weighted by molar-refractivity contribution is 0.459. The molecule has 0 spiro atoms. The second-order valence-corrected chi connectivity index (χ2v) is 15.6. The second kappa shape index (κ2) is 9.91. The smallest absolute Gasteiger partial charge is 0.137 e. The van der Waals surface area contributed by atoms with Crippen molar-refractivity contribution in [2.24, 2.45) is 0 Å². The highest BCUT2D eigenvalue weighted by Gasteiger charge is 2.25. The zero-order valence-corrected chi connectivity index (χ0v) is 22.5. The highest BCUT2D eigenvalue weighted by Crippen LogP contribution is 2.44. The van der Waals surface area contributed by atoms with Gasteiger partial charge in [-0.05, 0) is 46.0 Å². The van der Waals surface area contributed by atoms with Crippen molar-refractivity contribution in [2.45, 2.75) is 19.6 Å². The minimum Gasteiger partial charge on any atom is -0.507 e. The van der Waals surface area contributed by atoms with Crippen LogP contribution in [0, 0.1) is 11.6 Å². The zero-order valence-electron chi connectivity index (χ0n) is 21.5. The fourth-order valence-electron chi connectivity index (χ4n) is 4.68. The summed E-state index contributed by atoms with van der Waals surface area (Å²) < 4.78 is 28.8. The molecule has 0 aliphatic rings. The van der Waals surface area contributed by atoms with Gasteiger partial charge in [0.2, 0.25) is 0 Å². The number of phenols is 2. The normalized spacial score (nSPS) is 11.5. The van der Waals surface area contributed by atoms with Crippen molar-refractivity contribution in [3.63, 3.8) is 0 Å². The Kier molecular flexibility index (Phi) is 6.63. The average Bonchev–Trinajstić information content (AvgIpc) is 2.89. The van der Waals surface area contributed by atoms with E-state index >= 15 is 4.39 Å². The van der Waals surface area contributed by atoms with E-state index < -0.39 is 25.5 Å². The van der Waals surface area contributed by atoms with Crippen molar-refractivity contribution in [3.8, 4) is 56.0 Å². The SMILES string of the molecule is C[Si](C)(C)c1cc(-c2cc(-c3ccccc3)cc(-c3ccccc3)c2)c(O)c(-c2c(O)cc(F)cc2F)c1. The molecule has 5 rings (SSSR count). The number of hydrogen-bond donors (Lipinski definition) is 2. The third-order valence-corrected chi connectivity index (χ3v) is 8.76. The number of halogens is 2. The molecule has 0 aromatic heterocycles. The van der Waals surface area contributed by atoms with Crippen molar-refractivity contribution in [3.05, 3.63) is 115 Å². The van der Waals surface area contributed by atoms with Crippen LogP contribution in [0.4, 0.5) is 8.78 Å². The third kappa shape index (κ3) is 4.98. The molecule has 0 radical (unpaired) electrons. The first-order valence-corrected chi connectivity index (χ1v) is 15.9. The maximum absolute atomic E-state index is 15.0. The Labute approximate surface area is 222 Å². The fraction of sp³-hybridized carbons (Fsp3) is 0.0909. The zero-order chi connectivity index (χ0) is 27.0. The van der Waals surface area contributed by atoms with Crippen LogP contribution < -0.4 is 5.19 Å². The van der Waals surface area contributed by atoms with Gasteiger partial charge in [0.25, 0.3) is 0 Å². The summed E-state index contributed by atoms with van der Waals surface area (Å²) >= 11 is 0. The summed E-state index contributed by atoms with van der Waals surface area (Å²) in [5.74, 6) is -2.54. The molecule has 0 amide bonds. The summed E-state index contributed by atoms with van der Waals surface area (Å²) in [6.07, 6.45) is 0. The van der Waals surface area contributed by atoms with Crippen LogP contribution in [0.15, 0.2) is 103 Å². The minimum absolute atomic E-state index is 0.140. The summed E-state index contributed by atoms with van der Waals surface area (Å²) in [6.45, 7) is 6.47. The maximum atomic E-state index is 15.0. The lowest BCUT2D eigenvalue weighted by Gasteiger charge is -2.22. The van der Waals surface area contributed by atoms with Gasteiger partial charge in [0.05, 0.1) is 13.6 Å². The lowest BCUT2D eigenvalue weighted by atomic mass is 9.91. The van der Waals surface area contributed by atoms with Gasteiger partial charge < -0.3 is 10.2 Å². The molecule has 190 valence electrons. The van der Waals surface area contributed by atoms with Crippen LogP contribution in [0.25, 0.3) is 44.5 Å². The van der Waals surface area contributed by atoms with Gasteiger partial charge in [-0.15, -0.1) is 0 Å². The van der Waals surface area contributed by atoms with E-state index in [1.54, 1.807) is 6.07 Å². The van der Waals surface area contributed by atoms with Crippen molar-refractivity contribution in [1.29, 1.82) is 0 Å². The van der Waals surface area contributed by atoms with Crippen molar-refractivity contribution < 1.29 is 19.0 Å². The Hall–Kier alpha value is -4.22. The number of benzene rings is 5. The second-order valence-electron chi connectivity index (χ2n) is 10.5. The summed E-state index contributed by atoms with van der Waals surface area (Å²) in [5, 5.41) is 23.0. The minimum atomic E-state index is -1.97. The summed E-state index contributed by atoms with van der Waals surface area (Å²) in [5.41, 5.74) is 5.19. The third-order valence-electron chi connectivity index (χ3n) is 6.74. The first kappa shape index (κ1) is 25.4. The van der Waals surface area contributed by atoms with Crippen molar-refractivity contribution in [1.82, 2.24) is 0 Å². The molecule has 0 heterocycles. The van der Waals surface area contributed by atoms with E-state index in [2.05, 4.69) is 25.7 Å². The van der Waals surface area contributed by atoms with Crippen molar-refractivity contribution in [2.75, 3.05) is 0 Å².